The van der Waals surface area contributed by atoms with Crippen molar-refractivity contribution >= 4 is 44.6 Å². The molecule has 0 saturated carbocycles. The number of carbonyl (C=O) groups is 3. The summed E-state index contributed by atoms with van der Waals surface area (Å²) >= 11 is 0. The zero-order chi connectivity index (χ0) is 32.8. The Balaban J connectivity index is 1.46. The minimum atomic E-state index is -2.99. The number of hydrogen-bond donors (Lipinski definition) is 1. The van der Waals surface area contributed by atoms with Crippen molar-refractivity contribution in [1.29, 1.82) is 0 Å². The molecule has 3 aliphatic rings. The molecule has 10 nitrogen and oxygen atoms in total. The summed E-state index contributed by atoms with van der Waals surface area (Å²) in [6.07, 6.45) is 10.4. The van der Waals surface area contributed by atoms with Crippen LogP contribution in [0.25, 0.3) is 10.4 Å². The van der Waals surface area contributed by atoms with Crippen molar-refractivity contribution in [2.75, 3.05) is 54.0 Å². The lowest BCUT2D eigenvalue weighted by Gasteiger charge is -2.29. The van der Waals surface area contributed by atoms with Gasteiger partial charge in [0.1, 0.15) is 6.54 Å². The summed E-state index contributed by atoms with van der Waals surface area (Å²) in [7, 11) is -2.99. The molecule has 46 heavy (non-hydrogen) atoms. The molecule has 3 aliphatic heterocycles. The Bertz CT molecular complexity index is 1780. The van der Waals surface area contributed by atoms with Gasteiger partial charge in [-0.1, -0.05) is 48.6 Å². The number of amides is 2. The first kappa shape index (κ1) is 32.4. The van der Waals surface area contributed by atoms with Crippen LogP contribution in [-0.4, -0.2) is 80.4 Å². The van der Waals surface area contributed by atoms with Crippen LogP contribution in [-0.2, 0) is 24.2 Å². The zero-order valence-corrected chi connectivity index (χ0v) is 26.5. The van der Waals surface area contributed by atoms with E-state index < -0.39 is 34.2 Å². The predicted molar refractivity (Wildman–Crippen MR) is 178 cm³/mol. The fourth-order valence-electron chi connectivity index (χ4n) is 5.91. The van der Waals surface area contributed by atoms with Gasteiger partial charge in [-0.3, -0.25) is 19.3 Å². The average Bonchev–Trinajstić information content (AvgIpc) is 3.05. The first-order valence-corrected chi connectivity index (χ1v) is 17.1. The third-order valence-corrected chi connectivity index (χ3v) is 10.1. The summed E-state index contributed by atoms with van der Waals surface area (Å²) < 4.78 is 23.8. The van der Waals surface area contributed by atoms with E-state index in [2.05, 4.69) is 38.9 Å². The molecular weight excluding hydrogens is 604 g/mol. The number of rotatable bonds is 8. The molecule has 2 amide bonds. The monoisotopic (exact) mass is 640 g/mol. The maximum Gasteiger partial charge on any atom is 0.323 e. The Hall–Kier alpha value is -4.95. The van der Waals surface area contributed by atoms with Crippen molar-refractivity contribution in [3.8, 4) is 0 Å². The number of anilines is 2. The van der Waals surface area contributed by atoms with E-state index in [1.807, 2.05) is 30.3 Å². The number of imide groups is 1. The molecule has 5 rings (SSSR count). The molecule has 2 fully saturated rings. The Kier molecular flexibility index (Phi) is 9.87. The van der Waals surface area contributed by atoms with Gasteiger partial charge < -0.3 is 14.9 Å². The lowest BCUT2D eigenvalue weighted by Crippen LogP contribution is -2.45. The van der Waals surface area contributed by atoms with Crippen LogP contribution in [0.2, 0.25) is 0 Å². The topological polar surface area (TPSA) is 120 Å². The SMILES string of the molecule is [C-]#[N+]C1=C(C)/C(=C/C=C/C=C(\c2ccc(N3CCCCC3)cc2)c2ccc(N3CCS(=O)(=O)CC3)cc2)C(=O)N(CC(=O)O)C1=O. The summed E-state index contributed by atoms with van der Waals surface area (Å²) in [6.45, 7) is 11.1. The van der Waals surface area contributed by atoms with E-state index in [-0.39, 0.29) is 28.3 Å². The second kappa shape index (κ2) is 14.0. The molecule has 0 unspecified atom stereocenters. The van der Waals surface area contributed by atoms with Crippen molar-refractivity contribution in [1.82, 2.24) is 4.90 Å². The van der Waals surface area contributed by atoms with E-state index in [4.69, 9.17) is 6.57 Å². The quantitative estimate of drug-likeness (QED) is 0.194. The van der Waals surface area contributed by atoms with Gasteiger partial charge in [0.2, 0.25) is 0 Å². The summed E-state index contributed by atoms with van der Waals surface area (Å²) in [4.78, 5) is 45.2. The van der Waals surface area contributed by atoms with Crippen LogP contribution in [0.4, 0.5) is 11.4 Å². The molecule has 0 spiro atoms. The van der Waals surface area contributed by atoms with Gasteiger partial charge in [0.05, 0.1) is 18.1 Å². The molecule has 0 aliphatic carbocycles. The first-order valence-electron chi connectivity index (χ1n) is 15.2. The Labute approximate surface area is 269 Å². The van der Waals surface area contributed by atoms with Gasteiger partial charge in [0.15, 0.2) is 9.84 Å². The van der Waals surface area contributed by atoms with Crippen LogP contribution in [0.3, 0.4) is 0 Å². The molecule has 0 aromatic heterocycles. The van der Waals surface area contributed by atoms with Crippen LogP contribution in [0.5, 0.6) is 0 Å². The Morgan fingerprint density at radius 3 is 1.91 bits per heavy atom. The summed E-state index contributed by atoms with van der Waals surface area (Å²) in [5.74, 6) is -2.75. The molecule has 2 saturated heterocycles. The van der Waals surface area contributed by atoms with Crippen molar-refractivity contribution in [3.05, 3.63) is 112 Å². The number of hydrogen-bond acceptors (Lipinski definition) is 7. The molecular formula is C35H36N4O6S. The minimum absolute atomic E-state index is 0.0804. The highest BCUT2D eigenvalue weighted by atomic mass is 32.2. The second-order valence-electron chi connectivity index (χ2n) is 11.5. The van der Waals surface area contributed by atoms with E-state index in [0.29, 0.717) is 18.0 Å². The maximum atomic E-state index is 13.0. The fourth-order valence-corrected chi connectivity index (χ4v) is 7.11. The fraction of sp³-hybridized carbons (Fsp3) is 0.314. The number of sulfone groups is 1. The number of piperidine rings is 1. The molecule has 0 bridgehead atoms. The number of carboxylic acids is 1. The molecule has 0 radical (unpaired) electrons. The van der Waals surface area contributed by atoms with Gasteiger partial charge in [-0.05, 0) is 72.7 Å². The minimum Gasteiger partial charge on any atom is -0.480 e. The van der Waals surface area contributed by atoms with Crippen LogP contribution in [0.1, 0.15) is 37.3 Å². The van der Waals surface area contributed by atoms with E-state index >= 15 is 0 Å². The summed E-state index contributed by atoms with van der Waals surface area (Å²) in [5, 5.41) is 9.20. The largest absolute Gasteiger partial charge is 0.480 e. The highest BCUT2D eigenvalue weighted by Gasteiger charge is 2.36. The van der Waals surface area contributed by atoms with Crippen molar-refractivity contribution < 1.29 is 27.9 Å². The van der Waals surface area contributed by atoms with Crippen molar-refractivity contribution in [3.63, 3.8) is 0 Å². The third-order valence-electron chi connectivity index (χ3n) is 8.51. The molecule has 3 heterocycles. The van der Waals surface area contributed by atoms with Gasteiger partial charge in [-0.15, -0.1) is 0 Å². The predicted octanol–water partition coefficient (Wildman–Crippen LogP) is 4.47. The van der Waals surface area contributed by atoms with Crippen molar-refractivity contribution in [2.24, 2.45) is 0 Å². The average molecular weight is 641 g/mol. The number of nitrogens with zero attached hydrogens (tertiary/aromatic N) is 4. The molecule has 2 aromatic rings. The number of carboxylic acid groups (broad SMARTS) is 1. The van der Waals surface area contributed by atoms with E-state index in [1.54, 1.807) is 12.2 Å². The van der Waals surface area contributed by atoms with Crippen molar-refractivity contribution in [2.45, 2.75) is 26.2 Å². The van der Waals surface area contributed by atoms with Gasteiger partial charge in [-0.2, -0.15) is 0 Å². The molecule has 11 heteroatoms. The smallest absolute Gasteiger partial charge is 0.323 e. The highest BCUT2D eigenvalue weighted by Crippen LogP contribution is 2.30. The van der Waals surface area contributed by atoms with Gasteiger partial charge in [0, 0.05) is 43.1 Å². The molecule has 1 N–H and O–H groups in total. The molecule has 238 valence electrons. The third kappa shape index (κ3) is 7.29. The molecule has 0 atom stereocenters. The lowest BCUT2D eigenvalue weighted by molar-refractivity contribution is -0.149. The summed E-state index contributed by atoms with van der Waals surface area (Å²) in [6, 6.07) is 16.4. The summed E-state index contributed by atoms with van der Waals surface area (Å²) in [5.41, 5.74) is 4.96. The molecule has 2 aromatic carbocycles. The number of aliphatic carboxylic acids is 1. The van der Waals surface area contributed by atoms with E-state index in [0.717, 1.165) is 35.5 Å². The number of allylic oxidation sites excluding steroid dienone is 4. The maximum absolute atomic E-state index is 13.0. The van der Waals surface area contributed by atoms with Gasteiger partial charge in [0.25, 0.3) is 17.5 Å². The van der Waals surface area contributed by atoms with Crippen LogP contribution in [0, 0.1) is 6.57 Å². The van der Waals surface area contributed by atoms with E-state index in [9.17, 15) is 27.9 Å². The van der Waals surface area contributed by atoms with E-state index in [1.165, 1.54) is 37.9 Å². The van der Waals surface area contributed by atoms with Crippen LogP contribution in [0.15, 0.2) is 89.7 Å². The number of benzene rings is 2. The van der Waals surface area contributed by atoms with Crippen LogP contribution >= 0.6 is 0 Å². The van der Waals surface area contributed by atoms with Gasteiger partial charge >= 0.3 is 5.97 Å². The van der Waals surface area contributed by atoms with Gasteiger partial charge in [-0.25, -0.2) is 13.3 Å². The van der Waals surface area contributed by atoms with Crippen LogP contribution < -0.4 is 9.80 Å². The Morgan fingerprint density at radius 2 is 1.39 bits per heavy atom. The zero-order valence-electron chi connectivity index (χ0n) is 25.7. The normalized spacial score (nSPS) is 20.0. The lowest BCUT2D eigenvalue weighted by atomic mass is 9.96. The standard InChI is InChI=1S/C35H36N4O6S/c1-25-30(34(42)39(24-32(40)41)35(43)33(25)36-2)8-4-5-9-31(26-10-14-28(15-11-26)37-18-6-3-7-19-37)27-12-16-29(17-13-27)38-20-22-46(44,45)23-21-38/h4-5,8-17H,3,6-7,18-24H2,1H3,(H,40,41)/b5-4+,30-8-,31-9+. The number of carbonyl (C=O) groups excluding carboxylic acids is 2. The highest BCUT2D eigenvalue weighted by molar-refractivity contribution is 7.91. The Morgan fingerprint density at radius 1 is 0.848 bits per heavy atom. The second-order valence-corrected chi connectivity index (χ2v) is 13.8. The first-order chi connectivity index (χ1) is 22.1.